The molecule has 0 saturated carbocycles. The molecule has 0 radical (unpaired) electrons. The number of rotatable bonds is 3. The maximum absolute atomic E-state index is 6.51. The lowest BCUT2D eigenvalue weighted by molar-refractivity contribution is 0.669. The van der Waals surface area contributed by atoms with Crippen LogP contribution in [0, 0.1) is 0 Å². The Balaban J connectivity index is 1.23. The first kappa shape index (κ1) is 24.4. The zero-order chi connectivity index (χ0) is 29.5. The zero-order valence-corrected chi connectivity index (χ0v) is 24.2. The Morgan fingerprint density at radius 3 is 1.91 bits per heavy atom. The fourth-order valence-corrected chi connectivity index (χ4v) is 7.23. The van der Waals surface area contributed by atoms with Crippen molar-refractivity contribution in [1.82, 2.24) is 0 Å². The Morgan fingerprint density at radius 1 is 0.356 bits per heavy atom. The van der Waals surface area contributed by atoms with Crippen molar-refractivity contribution in [2.75, 3.05) is 4.90 Å². The molecule has 10 aromatic rings. The number of hydrogen-bond acceptors (Lipinski definition) is 3. The summed E-state index contributed by atoms with van der Waals surface area (Å²) in [7, 11) is 0. The third-order valence-corrected chi connectivity index (χ3v) is 9.22. The summed E-state index contributed by atoms with van der Waals surface area (Å²) < 4.78 is 12.7. The SMILES string of the molecule is c1ccc(N(c2ccc3c(ccc4ccc5c(ccc6oc7ccccc7c65)c43)c2)c2cccc3c2oc2ccccc23)cc1. The lowest BCUT2D eigenvalue weighted by Crippen LogP contribution is -2.10. The molecular formula is C42H25NO2. The van der Waals surface area contributed by atoms with Crippen LogP contribution < -0.4 is 4.90 Å². The number of para-hydroxylation sites is 4. The van der Waals surface area contributed by atoms with E-state index in [2.05, 4.69) is 132 Å². The molecule has 0 fully saturated rings. The van der Waals surface area contributed by atoms with E-state index >= 15 is 0 Å². The van der Waals surface area contributed by atoms with Gasteiger partial charge < -0.3 is 13.7 Å². The van der Waals surface area contributed by atoms with E-state index in [1.807, 2.05) is 24.3 Å². The molecule has 0 bridgehead atoms. The molecule has 0 aliphatic carbocycles. The van der Waals surface area contributed by atoms with Gasteiger partial charge in [-0.1, -0.05) is 97.1 Å². The van der Waals surface area contributed by atoms with Crippen molar-refractivity contribution in [2.24, 2.45) is 0 Å². The minimum Gasteiger partial charge on any atom is -0.456 e. The number of benzene rings is 8. The Labute approximate surface area is 258 Å². The predicted molar refractivity (Wildman–Crippen MR) is 188 cm³/mol. The molecular weight excluding hydrogens is 550 g/mol. The summed E-state index contributed by atoms with van der Waals surface area (Å²) in [6.45, 7) is 0. The Hall–Kier alpha value is -6.06. The lowest BCUT2D eigenvalue weighted by Gasteiger charge is -2.26. The molecule has 0 unspecified atom stereocenters. The average Bonchev–Trinajstić information content (AvgIpc) is 3.68. The fourth-order valence-electron chi connectivity index (χ4n) is 7.23. The third-order valence-electron chi connectivity index (χ3n) is 9.22. The Kier molecular flexibility index (Phi) is 5.00. The van der Waals surface area contributed by atoms with Gasteiger partial charge in [0, 0.05) is 32.9 Å². The van der Waals surface area contributed by atoms with Gasteiger partial charge in [0.25, 0.3) is 0 Å². The fraction of sp³-hybridized carbons (Fsp3) is 0. The van der Waals surface area contributed by atoms with Gasteiger partial charge in [-0.2, -0.15) is 0 Å². The number of anilines is 3. The van der Waals surface area contributed by atoms with Crippen LogP contribution in [-0.2, 0) is 0 Å². The van der Waals surface area contributed by atoms with E-state index < -0.39 is 0 Å². The standard InChI is InChI=1S/C42H25NO2/c1-2-9-28(10-3-1)43(36-14-8-13-34-31-11-4-6-15-37(31)45-42(34)36)29-20-22-30-27(25-29)18-17-26-19-21-33-32(40(26)30)23-24-39-41(33)35-12-5-7-16-38(35)44-39/h1-25H. The van der Waals surface area contributed by atoms with Crippen LogP contribution in [0.15, 0.2) is 160 Å². The van der Waals surface area contributed by atoms with E-state index in [1.54, 1.807) is 0 Å². The van der Waals surface area contributed by atoms with Crippen molar-refractivity contribution < 1.29 is 8.83 Å². The van der Waals surface area contributed by atoms with Gasteiger partial charge in [0.2, 0.25) is 0 Å². The summed E-state index contributed by atoms with van der Waals surface area (Å²) in [5.41, 5.74) is 6.77. The van der Waals surface area contributed by atoms with Crippen molar-refractivity contribution in [3.8, 4) is 0 Å². The van der Waals surface area contributed by atoms with Gasteiger partial charge in [-0.3, -0.25) is 0 Å². The normalized spacial score (nSPS) is 12.0. The summed E-state index contributed by atoms with van der Waals surface area (Å²) >= 11 is 0. The highest BCUT2D eigenvalue weighted by Gasteiger charge is 2.20. The molecule has 3 heteroatoms. The van der Waals surface area contributed by atoms with Crippen LogP contribution in [0.3, 0.4) is 0 Å². The Morgan fingerprint density at radius 2 is 1.02 bits per heavy atom. The lowest BCUT2D eigenvalue weighted by atomic mass is 9.94. The van der Waals surface area contributed by atoms with E-state index in [0.717, 1.165) is 55.6 Å². The van der Waals surface area contributed by atoms with Gasteiger partial charge in [0.1, 0.15) is 16.7 Å². The topological polar surface area (TPSA) is 29.5 Å². The molecule has 45 heavy (non-hydrogen) atoms. The second-order valence-corrected chi connectivity index (χ2v) is 11.7. The van der Waals surface area contributed by atoms with Crippen molar-refractivity contribution in [1.29, 1.82) is 0 Å². The highest BCUT2D eigenvalue weighted by molar-refractivity contribution is 6.28. The Bertz CT molecular complexity index is 2770. The molecule has 210 valence electrons. The van der Waals surface area contributed by atoms with Crippen molar-refractivity contribution >= 4 is 93.3 Å². The number of fused-ring (bicyclic) bond motifs is 12. The van der Waals surface area contributed by atoms with Crippen LogP contribution >= 0.6 is 0 Å². The predicted octanol–water partition coefficient (Wildman–Crippen LogP) is 12.4. The minimum atomic E-state index is 0.878. The molecule has 0 amide bonds. The third kappa shape index (κ3) is 3.52. The largest absolute Gasteiger partial charge is 0.456 e. The first-order valence-electron chi connectivity index (χ1n) is 15.3. The van der Waals surface area contributed by atoms with Crippen LogP contribution in [0.25, 0.3) is 76.2 Å². The van der Waals surface area contributed by atoms with E-state index in [4.69, 9.17) is 8.83 Å². The summed E-state index contributed by atoms with van der Waals surface area (Å²) in [4.78, 5) is 2.30. The highest BCUT2D eigenvalue weighted by atomic mass is 16.3. The van der Waals surface area contributed by atoms with Gasteiger partial charge in [-0.25, -0.2) is 0 Å². The first-order valence-corrected chi connectivity index (χ1v) is 15.3. The van der Waals surface area contributed by atoms with E-state index in [0.29, 0.717) is 0 Å². The first-order chi connectivity index (χ1) is 22.3. The molecule has 10 rings (SSSR count). The second-order valence-electron chi connectivity index (χ2n) is 11.7. The molecule has 0 aliphatic rings. The van der Waals surface area contributed by atoms with Crippen molar-refractivity contribution in [3.63, 3.8) is 0 Å². The molecule has 0 saturated heterocycles. The molecule has 0 atom stereocenters. The molecule has 0 N–H and O–H groups in total. The highest BCUT2D eigenvalue weighted by Crippen LogP contribution is 2.44. The van der Waals surface area contributed by atoms with Crippen LogP contribution in [0.2, 0.25) is 0 Å². The van der Waals surface area contributed by atoms with Gasteiger partial charge in [-0.05, 0) is 86.9 Å². The molecule has 2 aromatic heterocycles. The summed E-state index contributed by atoms with van der Waals surface area (Å²) in [6, 6.07) is 53.6. The minimum absolute atomic E-state index is 0.878. The number of furan rings is 2. The summed E-state index contributed by atoms with van der Waals surface area (Å²) in [5, 5.41) is 11.9. The monoisotopic (exact) mass is 575 g/mol. The van der Waals surface area contributed by atoms with Gasteiger partial charge in [-0.15, -0.1) is 0 Å². The van der Waals surface area contributed by atoms with Crippen LogP contribution in [0.1, 0.15) is 0 Å². The van der Waals surface area contributed by atoms with E-state index in [9.17, 15) is 0 Å². The molecule has 8 aromatic carbocycles. The average molecular weight is 576 g/mol. The summed E-state index contributed by atoms with van der Waals surface area (Å²) in [6.07, 6.45) is 0. The molecule has 0 aliphatic heterocycles. The van der Waals surface area contributed by atoms with Crippen LogP contribution in [-0.4, -0.2) is 0 Å². The van der Waals surface area contributed by atoms with Crippen LogP contribution in [0.5, 0.6) is 0 Å². The maximum Gasteiger partial charge on any atom is 0.159 e. The summed E-state index contributed by atoms with van der Waals surface area (Å²) in [5.74, 6) is 0. The molecule has 2 heterocycles. The quantitative estimate of drug-likeness (QED) is 0.196. The second kappa shape index (κ2) is 9.22. The number of hydrogen-bond donors (Lipinski definition) is 0. The van der Waals surface area contributed by atoms with Crippen LogP contribution in [0.4, 0.5) is 17.1 Å². The van der Waals surface area contributed by atoms with E-state index in [1.165, 1.54) is 37.7 Å². The van der Waals surface area contributed by atoms with E-state index in [-0.39, 0.29) is 0 Å². The van der Waals surface area contributed by atoms with Gasteiger partial charge in [0.15, 0.2) is 5.58 Å². The van der Waals surface area contributed by atoms with Gasteiger partial charge in [0.05, 0.1) is 5.69 Å². The van der Waals surface area contributed by atoms with Crippen molar-refractivity contribution in [3.05, 3.63) is 152 Å². The van der Waals surface area contributed by atoms with Crippen molar-refractivity contribution in [2.45, 2.75) is 0 Å². The smallest absolute Gasteiger partial charge is 0.159 e. The number of nitrogens with zero attached hydrogens (tertiary/aromatic N) is 1. The zero-order valence-electron chi connectivity index (χ0n) is 24.2. The molecule has 0 spiro atoms. The maximum atomic E-state index is 6.51. The van der Waals surface area contributed by atoms with Gasteiger partial charge >= 0.3 is 0 Å². The molecule has 3 nitrogen and oxygen atoms in total.